The lowest BCUT2D eigenvalue weighted by molar-refractivity contribution is -0.123. The fourth-order valence-electron chi connectivity index (χ4n) is 4.37. The number of halogens is 2. The van der Waals surface area contributed by atoms with E-state index in [2.05, 4.69) is 34.4 Å². The average Bonchev–Trinajstić information content (AvgIpc) is 2.69. The lowest BCUT2D eigenvalue weighted by Crippen LogP contribution is -2.42. The summed E-state index contributed by atoms with van der Waals surface area (Å²) in [4.78, 5) is 47.5. The zero-order valence-electron chi connectivity index (χ0n) is 17.2. The van der Waals surface area contributed by atoms with Gasteiger partial charge in [-0.1, -0.05) is 37.0 Å². The predicted octanol–water partition coefficient (Wildman–Crippen LogP) is 3.62. The predicted molar refractivity (Wildman–Crippen MR) is 121 cm³/mol. The van der Waals surface area contributed by atoms with Crippen LogP contribution in [0, 0.1) is 11.8 Å². The molecule has 31 heavy (non-hydrogen) atoms. The zero-order chi connectivity index (χ0) is 22.3. The Morgan fingerprint density at radius 3 is 2.55 bits per heavy atom. The van der Waals surface area contributed by atoms with Gasteiger partial charge in [-0.3, -0.25) is 19.4 Å². The van der Waals surface area contributed by atoms with E-state index in [4.69, 9.17) is 23.2 Å². The van der Waals surface area contributed by atoms with Crippen molar-refractivity contribution in [1.29, 1.82) is 0 Å². The minimum atomic E-state index is -0.970. The maximum absolute atomic E-state index is 13.0. The highest BCUT2D eigenvalue weighted by Crippen LogP contribution is 2.32. The maximum atomic E-state index is 13.0. The smallest absolute Gasteiger partial charge is 0.258 e. The first-order valence-electron chi connectivity index (χ1n) is 10.2. The Morgan fingerprint density at radius 2 is 1.87 bits per heavy atom. The van der Waals surface area contributed by atoms with E-state index < -0.39 is 17.4 Å². The molecule has 1 aromatic heterocycles. The standard InChI is InChI=1S/C21H23Cl2N5O3/c1-10-5-11(2)9-28(8-10)21-26-18-17(20(31)27-21)13(7-16(29)25-18)19(30)24-12-3-4-14(22)15(23)6-12/h3-4,6,10-11,13H,5,7-9H2,1-2H3,(H,24,30)(H2,25,26,27,29,31)/t10-,11-,13+/m1/s1. The first-order chi connectivity index (χ1) is 14.7. The van der Waals surface area contributed by atoms with E-state index in [9.17, 15) is 14.4 Å². The molecule has 1 aromatic carbocycles. The third-order valence-corrected chi connectivity index (χ3v) is 6.35. The molecule has 2 amide bonds. The van der Waals surface area contributed by atoms with Crippen molar-refractivity contribution >= 4 is 52.5 Å². The topological polar surface area (TPSA) is 107 Å². The largest absolute Gasteiger partial charge is 0.342 e. The van der Waals surface area contributed by atoms with E-state index in [-0.39, 0.29) is 28.7 Å². The van der Waals surface area contributed by atoms with Crippen molar-refractivity contribution in [2.45, 2.75) is 32.6 Å². The molecule has 2 aliphatic rings. The fourth-order valence-corrected chi connectivity index (χ4v) is 4.67. The molecule has 10 heteroatoms. The molecule has 0 aliphatic carbocycles. The van der Waals surface area contributed by atoms with E-state index >= 15 is 0 Å². The number of nitrogens with zero attached hydrogens (tertiary/aromatic N) is 2. The summed E-state index contributed by atoms with van der Waals surface area (Å²) >= 11 is 11.9. The van der Waals surface area contributed by atoms with Crippen LogP contribution in [-0.2, 0) is 9.59 Å². The number of aromatic nitrogens is 2. The van der Waals surface area contributed by atoms with Crippen LogP contribution < -0.4 is 21.1 Å². The second-order valence-corrected chi connectivity index (χ2v) is 9.24. The van der Waals surface area contributed by atoms with Crippen molar-refractivity contribution in [3.8, 4) is 0 Å². The average molecular weight is 464 g/mol. The molecule has 164 valence electrons. The molecule has 2 aromatic rings. The summed E-state index contributed by atoms with van der Waals surface area (Å²) in [5.74, 6) is -0.361. The number of aromatic amines is 1. The molecule has 0 unspecified atom stereocenters. The van der Waals surface area contributed by atoms with Crippen molar-refractivity contribution < 1.29 is 9.59 Å². The number of amides is 2. The van der Waals surface area contributed by atoms with Crippen molar-refractivity contribution in [2.24, 2.45) is 11.8 Å². The van der Waals surface area contributed by atoms with Gasteiger partial charge in [0.05, 0.1) is 21.5 Å². The van der Waals surface area contributed by atoms with Gasteiger partial charge in [0.15, 0.2) is 0 Å². The van der Waals surface area contributed by atoms with Crippen LogP contribution in [0.5, 0.6) is 0 Å². The molecule has 0 bridgehead atoms. The minimum absolute atomic E-state index is 0.134. The van der Waals surface area contributed by atoms with Crippen LogP contribution in [0.2, 0.25) is 10.0 Å². The Bertz CT molecular complexity index is 1090. The SMILES string of the molecule is C[C@@H]1C[C@@H](C)CN(c2nc3c(c(=O)[nH]2)[C@@H](C(=O)Nc2ccc(Cl)c(Cl)c2)CC(=O)N3)C1. The van der Waals surface area contributed by atoms with Gasteiger partial charge in [0.1, 0.15) is 5.82 Å². The molecule has 1 fully saturated rings. The van der Waals surface area contributed by atoms with E-state index in [1.165, 1.54) is 6.07 Å². The van der Waals surface area contributed by atoms with E-state index in [0.29, 0.717) is 28.5 Å². The van der Waals surface area contributed by atoms with Crippen LogP contribution in [0.15, 0.2) is 23.0 Å². The van der Waals surface area contributed by atoms with Gasteiger partial charge in [0.25, 0.3) is 5.56 Å². The van der Waals surface area contributed by atoms with Crippen molar-refractivity contribution in [1.82, 2.24) is 9.97 Å². The van der Waals surface area contributed by atoms with Crippen LogP contribution in [0.25, 0.3) is 0 Å². The summed E-state index contributed by atoms with van der Waals surface area (Å²) in [5, 5.41) is 6.00. The molecule has 0 spiro atoms. The number of piperidine rings is 1. The highest BCUT2D eigenvalue weighted by molar-refractivity contribution is 6.42. The lowest BCUT2D eigenvalue weighted by Gasteiger charge is -2.35. The molecular formula is C21H23Cl2N5O3. The van der Waals surface area contributed by atoms with Gasteiger partial charge in [0.2, 0.25) is 17.8 Å². The number of carbonyl (C=O) groups is 2. The molecular weight excluding hydrogens is 441 g/mol. The third-order valence-electron chi connectivity index (χ3n) is 5.61. The van der Waals surface area contributed by atoms with Gasteiger partial charge >= 0.3 is 0 Å². The number of rotatable bonds is 3. The first-order valence-corrected chi connectivity index (χ1v) is 10.9. The Hall–Kier alpha value is -2.58. The summed E-state index contributed by atoms with van der Waals surface area (Å²) in [7, 11) is 0. The van der Waals surface area contributed by atoms with Gasteiger partial charge < -0.3 is 15.5 Å². The van der Waals surface area contributed by atoms with Crippen molar-refractivity contribution in [3.63, 3.8) is 0 Å². The number of hydrogen-bond donors (Lipinski definition) is 3. The summed E-state index contributed by atoms with van der Waals surface area (Å²) in [5.41, 5.74) is 0.142. The molecule has 8 nitrogen and oxygen atoms in total. The van der Waals surface area contributed by atoms with Gasteiger partial charge in [-0.25, -0.2) is 0 Å². The second kappa shape index (κ2) is 8.51. The Balaban J connectivity index is 1.64. The Morgan fingerprint density at radius 1 is 1.16 bits per heavy atom. The normalized spacial score (nSPS) is 23.2. The highest BCUT2D eigenvalue weighted by atomic mass is 35.5. The molecule has 1 saturated heterocycles. The number of hydrogen-bond acceptors (Lipinski definition) is 5. The van der Waals surface area contributed by atoms with E-state index in [1.807, 2.05) is 4.90 Å². The van der Waals surface area contributed by atoms with Crippen molar-refractivity contribution in [3.05, 3.63) is 44.2 Å². The second-order valence-electron chi connectivity index (χ2n) is 8.43. The molecule has 3 heterocycles. The van der Waals surface area contributed by atoms with Gasteiger partial charge in [0, 0.05) is 25.2 Å². The van der Waals surface area contributed by atoms with Crippen LogP contribution in [-0.4, -0.2) is 34.9 Å². The summed E-state index contributed by atoms with van der Waals surface area (Å²) in [6, 6.07) is 4.67. The first kappa shape index (κ1) is 21.6. The Kier molecular flexibility index (Phi) is 5.94. The quantitative estimate of drug-likeness (QED) is 0.643. The number of fused-ring (bicyclic) bond motifs is 1. The molecule has 2 aliphatic heterocycles. The van der Waals surface area contributed by atoms with Crippen LogP contribution in [0.1, 0.15) is 38.2 Å². The third kappa shape index (κ3) is 4.55. The molecule has 3 N–H and O–H groups in total. The number of benzene rings is 1. The molecule has 4 rings (SSSR count). The maximum Gasteiger partial charge on any atom is 0.258 e. The number of H-pyrrole nitrogens is 1. The summed E-state index contributed by atoms with van der Waals surface area (Å²) in [6.45, 7) is 5.84. The molecule has 3 atom stereocenters. The monoisotopic (exact) mass is 463 g/mol. The number of carbonyl (C=O) groups excluding carboxylic acids is 2. The Labute approximate surface area is 189 Å². The van der Waals surface area contributed by atoms with Crippen molar-refractivity contribution in [2.75, 3.05) is 28.6 Å². The fraction of sp³-hybridized carbons (Fsp3) is 0.429. The summed E-state index contributed by atoms with van der Waals surface area (Å²) < 4.78 is 0. The zero-order valence-corrected chi connectivity index (χ0v) is 18.7. The van der Waals surface area contributed by atoms with Crippen LogP contribution >= 0.6 is 23.2 Å². The van der Waals surface area contributed by atoms with Crippen LogP contribution in [0.4, 0.5) is 17.5 Å². The molecule has 0 radical (unpaired) electrons. The van der Waals surface area contributed by atoms with E-state index in [0.717, 1.165) is 19.5 Å². The molecule has 0 saturated carbocycles. The summed E-state index contributed by atoms with van der Waals surface area (Å²) in [6.07, 6.45) is 0.960. The van der Waals surface area contributed by atoms with Gasteiger partial charge in [-0.15, -0.1) is 0 Å². The minimum Gasteiger partial charge on any atom is -0.342 e. The lowest BCUT2D eigenvalue weighted by atomic mass is 9.91. The number of nitrogens with one attached hydrogen (secondary N) is 3. The van der Waals surface area contributed by atoms with Crippen LogP contribution in [0.3, 0.4) is 0 Å². The van der Waals surface area contributed by atoms with Gasteiger partial charge in [-0.05, 0) is 36.5 Å². The van der Waals surface area contributed by atoms with Gasteiger partial charge in [-0.2, -0.15) is 4.98 Å². The van der Waals surface area contributed by atoms with E-state index in [1.54, 1.807) is 12.1 Å². The highest BCUT2D eigenvalue weighted by Gasteiger charge is 2.35. The number of anilines is 3.